The number of nitrogens with one attached hydrogen (secondary N) is 2. The number of benzene rings is 1. The number of piperidine rings is 1. The SMILES string of the molecule is CCOC(=O)N1CCC(C(=O)Nc2ccc(NC(C)=O)c(C)c2)CC1. The highest BCUT2D eigenvalue weighted by molar-refractivity contribution is 5.94. The molecule has 1 fully saturated rings. The average molecular weight is 347 g/mol. The van der Waals surface area contributed by atoms with Gasteiger partial charge in [-0.05, 0) is 50.5 Å². The number of hydrogen-bond acceptors (Lipinski definition) is 4. The maximum Gasteiger partial charge on any atom is 0.409 e. The Hall–Kier alpha value is -2.57. The third-order valence-corrected chi connectivity index (χ3v) is 4.20. The van der Waals surface area contributed by atoms with Gasteiger partial charge in [0.1, 0.15) is 0 Å². The van der Waals surface area contributed by atoms with Crippen LogP contribution in [0.5, 0.6) is 0 Å². The third kappa shape index (κ3) is 5.20. The largest absolute Gasteiger partial charge is 0.450 e. The number of carbonyl (C=O) groups excluding carboxylic acids is 3. The van der Waals surface area contributed by atoms with Crippen molar-refractivity contribution in [2.75, 3.05) is 30.3 Å². The van der Waals surface area contributed by atoms with Crippen LogP contribution in [0.4, 0.5) is 16.2 Å². The molecule has 0 spiro atoms. The Bertz CT molecular complexity index is 652. The van der Waals surface area contributed by atoms with Crippen molar-refractivity contribution in [1.29, 1.82) is 0 Å². The van der Waals surface area contributed by atoms with Crippen LogP contribution in [0.3, 0.4) is 0 Å². The predicted molar refractivity (Wildman–Crippen MR) is 95.4 cm³/mol. The van der Waals surface area contributed by atoms with E-state index in [2.05, 4.69) is 10.6 Å². The fourth-order valence-corrected chi connectivity index (χ4v) is 2.85. The van der Waals surface area contributed by atoms with Crippen LogP contribution >= 0.6 is 0 Å². The van der Waals surface area contributed by atoms with E-state index in [1.54, 1.807) is 24.0 Å². The van der Waals surface area contributed by atoms with Gasteiger partial charge in [-0.3, -0.25) is 9.59 Å². The number of hydrogen-bond donors (Lipinski definition) is 2. The van der Waals surface area contributed by atoms with Crippen LogP contribution in [0.2, 0.25) is 0 Å². The zero-order valence-electron chi connectivity index (χ0n) is 14.9. The molecule has 1 aromatic rings. The first-order chi connectivity index (χ1) is 11.9. The highest BCUT2D eigenvalue weighted by atomic mass is 16.6. The molecule has 1 aromatic carbocycles. The van der Waals surface area contributed by atoms with Crippen LogP contribution < -0.4 is 10.6 Å². The van der Waals surface area contributed by atoms with Crippen LogP contribution in [-0.4, -0.2) is 42.5 Å². The van der Waals surface area contributed by atoms with Gasteiger partial charge in [0.25, 0.3) is 0 Å². The van der Waals surface area contributed by atoms with Crippen molar-refractivity contribution in [3.8, 4) is 0 Å². The number of aryl methyl sites for hydroxylation is 1. The van der Waals surface area contributed by atoms with Gasteiger partial charge in [-0.25, -0.2) is 4.79 Å². The molecule has 1 heterocycles. The minimum atomic E-state index is -0.314. The molecular formula is C18H25N3O4. The number of anilines is 2. The van der Waals surface area contributed by atoms with Gasteiger partial charge in [-0.1, -0.05) is 0 Å². The first kappa shape index (κ1) is 18.8. The molecule has 7 nitrogen and oxygen atoms in total. The van der Waals surface area contributed by atoms with E-state index in [0.717, 1.165) is 11.3 Å². The molecular weight excluding hydrogens is 322 g/mol. The number of likely N-dealkylation sites (tertiary alicyclic amines) is 1. The summed E-state index contributed by atoms with van der Waals surface area (Å²) in [6, 6.07) is 5.37. The fraction of sp³-hybridized carbons (Fsp3) is 0.500. The van der Waals surface area contributed by atoms with Crippen molar-refractivity contribution < 1.29 is 19.1 Å². The van der Waals surface area contributed by atoms with Crippen molar-refractivity contribution in [2.45, 2.75) is 33.6 Å². The summed E-state index contributed by atoms with van der Waals surface area (Å²) in [6.07, 6.45) is 0.923. The van der Waals surface area contributed by atoms with E-state index in [0.29, 0.717) is 38.2 Å². The van der Waals surface area contributed by atoms with Crippen LogP contribution in [0.1, 0.15) is 32.3 Å². The maximum atomic E-state index is 12.4. The van der Waals surface area contributed by atoms with Crippen molar-refractivity contribution >= 4 is 29.3 Å². The Morgan fingerprint density at radius 2 is 1.88 bits per heavy atom. The Kier molecular flexibility index (Phi) is 6.38. The summed E-state index contributed by atoms with van der Waals surface area (Å²) >= 11 is 0. The molecule has 2 rings (SSSR count). The van der Waals surface area contributed by atoms with Crippen molar-refractivity contribution in [2.24, 2.45) is 5.92 Å². The molecule has 136 valence electrons. The monoisotopic (exact) mass is 347 g/mol. The van der Waals surface area contributed by atoms with E-state index in [1.165, 1.54) is 6.92 Å². The Morgan fingerprint density at radius 3 is 2.44 bits per heavy atom. The average Bonchev–Trinajstić information content (AvgIpc) is 2.57. The molecule has 0 aromatic heterocycles. The molecule has 2 N–H and O–H groups in total. The van der Waals surface area contributed by atoms with Crippen LogP contribution in [-0.2, 0) is 14.3 Å². The molecule has 1 aliphatic rings. The van der Waals surface area contributed by atoms with Crippen LogP contribution in [0, 0.1) is 12.8 Å². The lowest BCUT2D eigenvalue weighted by molar-refractivity contribution is -0.121. The quantitative estimate of drug-likeness (QED) is 0.877. The third-order valence-electron chi connectivity index (χ3n) is 4.20. The van der Waals surface area contributed by atoms with Gasteiger partial charge in [0.2, 0.25) is 11.8 Å². The normalized spacial score (nSPS) is 14.8. The molecule has 1 saturated heterocycles. The standard InChI is InChI=1S/C18H25N3O4/c1-4-25-18(24)21-9-7-14(8-10-21)17(23)20-15-5-6-16(12(2)11-15)19-13(3)22/h5-6,11,14H,4,7-10H2,1-3H3,(H,19,22)(H,20,23). The second kappa shape index (κ2) is 8.50. The summed E-state index contributed by atoms with van der Waals surface area (Å²) in [6.45, 7) is 6.51. The lowest BCUT2D eigenvalue weighted by atomic mass is 9.96. The summed E-state index contributed by atoms with van der Waals surface area (Å²) in [7, 11) is 0. The van der Waals surface area contributed by atoms with E-state index in [9.17, 15) is 14.4 Å². The van der Waals surface area contributed by atoms with Crippen LogP contribution in [0.15, 0.2) is 18.2 Å². The van der Waals surface area contributed by atoms with Crippen LogP contribution in [0.25, 0.3) is 0 Å². The number of amides is 3. The molecule has 3 amide bonds. The highest BCUT2D eigenvalue weighted by Crippen LogP contribution is 2.23. The maximum absolute atomic E-state index is 12.4. The lowest BCUT2D eigenvalue weighted by Gasteiger charge is -2.30. The number of ether oxygens (including phenoxy) is 1. The van der Waals surface area contributed by atoms with Gasteiger partial charge in [-0.2, -0.15) is 0 Å². The number of nitrogens with zero attached hydrogens (tertiary/aromatic N) is 1. The minimum absolute atomic E-state index is 0.0461. The molecule has 0 radical (unpaired) electrons. The van der Waals surface area contributed by atoms with Gasteiger partial charge < -0.3 is 20.3 Å². The van der Waals surface area contributed by atoms with E-state index in [-0.39, 0.29) is 23.8 Å². The molecule has 1 aliphatic heterocycles. The first-order valence-corrected chi connectivity index (χ1v) is 8.51. The smallest absolute Gasteiger partial charge is 0.409 e. The molecule has 0 aliphatic carbocycles. The van der Waals surface area contributed by atoms with E-state index < -0.39 is 0 Å². The van der Waals surface area contributed by atoms with Gasteiger partial charge in [0.15, 0.2) is 0 Å². The first-order valence-electron chi connectivity index (χ1n) is 8.51. The molecule has 0 atom stereocenters. The molecule has 0 bridgehead atoms. The highest BCUT2D eigenvalue weighted by Gasteiger charge is 2.28. The zero-order valence-corrected chi connectivity index (χ0v) is 14.9. The number of rotatable bonds is 4. The second-order valence-electron chi connectivity index (χ2n) is 6.16. The summed E-state index contributed by atoms with van der Waals surface area (Å²) in [5.74, 6) is -0.301. The Morgan fingerprint density at radius 1 is 1.20 bits per heavy atom. The van der Waals surface area contributed by atoms with Gasteiger partial charge in [0.05, 0.1) is 6.61 Å². The van der Waals surface area contributed by atoms with Crippen molar-refractivity contribution in [1.82, 2.24) is 4.90 Å². The summed E-state index contributed by atoms with van der Waals surface area (Å²) in [5.41, 5.74) is 2.31. The van der Waals surface area contributed by atoms with E-state index in [1.807, 2.05) is 13.0 Å². The molecule has 25 heavy (non-hydrogen) atoms. The second-order valence-corrected chi connectivity index (χ2v) is 6.16. The zero-order chi connectivity index (χ0) is 18.4. The molecule has 0 unspecified atom stereocenters. The van der Waals surface area contributed by atoms with E-state index in [4.69, 9.17) is 4.74 Å². The Labute approximate surface area is 147 Å². The van der Waals surface area contributed by atoms with Gasteiger partial charge >= 0.3 is 6.09 Å². The topological polar surface area (TPSA) is 87.7 Å². The summed E-state index contributed by atoms with van der Waals surface area (Å²) < 4.78 is 4.98. The van der Waals surface area contributed by atoms with Crippen molar-refractivity contribution in [3.63, 3.8) is 0 Å². The molecule has 0 saturated carbocycles. The summed E-state index contributed by atoms with van der Waals surface area (Å²) in [5, 5.41) is 5.66. The van der Waals surface area contributed by atoms with E-state index >= 15 is 0 Å². The summed E-state index contributed by atoms with van der Waals surface area (Å²) in [4.78, 5) is 36.9. The van der Waals surface area contributed by atoms with Crippen molar-refractivity contribution in [3.05, 3.63) is 23.8 Å². The Balaban J connectivity index is 1.89. The van der Waals surface area contributed by atoms with Gasteiger partial charge in [-0.15, -0.1) is 0 Å². The molecule has 7 heteroatoms. The predicted octanol–water partition coefficient (Wildman–Crippen LogP) is 2.76. The number of carbonyl (C=O) groups is 3. The minimum Gasteiger partial charge on any atom is -0.450 e. The fourth-order valence-electron chi connectivity index (χ4n) is 2.85. The lowest BCUT2D eigenvalue weighted by Crippen LogP contribution is -2.41. The van der Waals surface area contributed by atoms with Gasteiger partial charge in [0, 0.05) is 37.3 Å².